The van der Waals surface area contributed by atoms with E-state index in [9.17, 15) is 0 Å². The molecule has 0 saturated heterocycles. The van der Waals surface area contributed by atoms with Crippen LogP contribution in [0.4, 0.5) is 0 Å². The average Bonchev–Trinajstić information content (AvgIpc) is 2.90. The van der Waals surface area contributed by atoms with Gasteiger partial charge < -0.3 is 10.3 Å². The van der Waals surface area contributed by atoms with Crippen molar-refractivity contribution >= 4 is 11.6 Å². The van der Waals surface area contributed by atoms with Crippen LogP contribution in [0.25, 0.3) is 0 Å². The number of benzene rings is 1. The largest absolute Gasteiger partial charge is 0.347 e. The molecular weight excluding hydrogens is 246 g/mol. The minimum atomic E-state index is 0.180. The molecule has 4 heteroatoms. The predicted molar refractivity (Wildman–Crippen MR) is 74.8 cm³/mol. The SMILES string of the molecule is CCCNC(Cc1ccccc1Cl)c1ncc[nH]1. The highest BCUT2D eigenvalue weighted by Crippen LogP contribution is 2.21. The molecule has 0 spiro atoms. The van der Waals surface area contributed by atoms with Gasteiger partial charge in [-0.25, -0.2) is 4.98 Å². The average molecular weight is 264 g/mol. The zero-order valence-electron chi connectivity index (χ0n) is 10.5. The lowest BCUT2D eigenvalue weighted by atomic mass is 10.1. The third-order valence-electron chi connectivity index (χ3n) is 2.87. The highest BCUT2D eigenvalue weighted by molar-refractivity contribution is 6.31. The van der Waals surface area contributed by atoms with Gasteiger partial charge in [-0.3, -0.25) is 0 Å². The third kappa shape index (κ3) is 3.34. The van der Waals surface area contributed by atoms with Crippen LogP contribution in [0.2, 0.25) is 5.02 Å². The summed E-state index contributed by atoms with van der Waals surface area (Å²) < 4.78 is 0. The van der Waals surface area contributed by atoms with Gasteiger partial charge in [0.1, 0.15) is 5.82 Å². The summed E-state index contributed by atoms with van der Waals surface area (Å²) in [6.07, 6.45) is 5.57. The molecule has 0 amide bonds. The molecule has 3 nitrogen and oxygen atoms in total. The molecule has 18 heavy (non-hydrogen) atoms. The van der Waals surface area contributed by atoms with Crippen molar-refractivity contribution in [2.75, 3.05) is 6.54 Å². The van der Waals surface area contributed by atoms with Gasteiger partial charge in [-0.2, -0.15) is 0 Å². The summed E-state index contributed by atoms with van der Waals surface area (Å²) in [7, 11) is 0. The zero-order valence-corrected chi connectivity index (χ0v) is 11.2. The van der Waals surface area contributed by atoms with E-state index >= 15 is 0 Å². The van der Waals surface area contributed by atoms with Crippen molar-refractivity contribution in [3.05, 3.63) is 53.1 Å². The van der Waals surface area contributed by atoms with Crippen LogP contribution in [-0.4, -0.2) is 16.5 Å². The number of aromatic nitrogens is 2. The van der Waals surface area contributed by atoms with Gasteiger partial charge in [0, 0.05) is 17.4 Å². The van der Waals surface area contributed by atoms with Crippen molar-refractivity contribution in [2.24, 2.45) is 0 Å². The molecule has 1 aromatic heterocycles. The van der Waals surface area contributed by atoms with Crippen molar-refractivity contribution < 1.29 is 0 Å². The maximum Gasteiger partial charge on any atom is 0.123 e. The van der Waals surface area contributed by atoms with Gasteiger partial charge in [-0.15, -0.1) is 0 Å². The van der Waals surface area contributed by atoms with Gasteiger partial charge in [0.2, 0.25) is 0 Å². The number of hydrogen-bond donors (Lipinski definition) is 2. The summed E-state index contributed by atoms with van der Waals surface area (Å²) in [4.78, 5) is 7.50. The Labute approximate surface area is 113 Å². The maximum atomic E-state index is 6.21. The standard InChI is InChI=1S/C14H18ClN3/c1-2-7-16-13(14-17-8-9-18-14)10-11-5-3-4-6-12(11)15/h3-6,8-9,13,16H,2,7,10H2,1H3,(H,17,18). The summed E-state index contributed by atoms with van der Waals surface area (Å²) in [5.74, 6) is 0.961. The number of nitrogens with zero attached hydrogens (tertiary/aromatic N) is 1. The lowest BCUT2D eigenvalue weighted by Gasteiger charge is -2.17. The fraction of sp³-hybridized carbons (Fsp3) is 0.357. The molecule has 2 rings (SSSR count). The monoisotopic (exact) mass is 263 g/mol. The molecule has 0 radical (unpaired) electrons. The first-order valence-electron chi connectivity index (χ1n) is 6.27. The van der Waals surface area contributed by atoms with E-state index in [0.29, 0.717) is 0 Å². The number of rotatable bonds is 6. The first kappa shape index (κ1) is 13.1. The van der Waals surface area contributed by atoms with Crippen LogP contribution < -0.4 is 5.32 Å². The summed E-state index contributed by atoms with van der Waals surface area (Å²) in [5, 5.41) is 4.31. The number of nitrogens with one attached hydrogen (secondary N) is 2. The Balaban J connectivity index is 2.13. The molecule has 1 heterocycles. The van der Waals surface area contributed by atoms with Crippen LogP contribution in [0.3, 0.4) is 0 Å². The smallest absolute Gasteiger partial charge is 0.123 e. The van der Waals surface area contributed by atoms with Crippen molar-refractivity contribution in [3.63, 3.8) is 0 Å². The minimum absolute atomic E-state index is 0.180. The van der Waals surface area contributed by atoms with Crippen LogP contribution >= 0.6 is 11.6 Å². The number of aromatic amines is 1. The Hall–Kier alpha value is -1.32. The van der Waals surface area contributed by atoms with E-state index < -0.39 is 0 Å². The Morgan fingerprint density at radius 2 is 2.22 bits per heavy atom. The summed E-state index contributed by atoms with van der Waals surface area (Å²) in [6, 6.07) is 8.13. The Bertz CT molecular complexity index is 468. The van der Waals surface area contributed by atoms with Crippen LogP contribution in [0.1, 0.15) is 30.8 Å². The van der Waals surface area contributed by atoms with E-state index in [1.165, 1.54) is 0 Å². The topological polar surface area (TPSA) is 40.7 Å². The highest BCUT2D eigenvalue weighted by Gasteiger charge is 2.14. The van der Waals surface area contributed by atoms with Crippen LogP contribution in [0, 0.1) is 0 Å². The van der Waals surface area contributed by atoms with Gasteiger partial charge in [-0.05, 0) is 31.0 Å². The first-order chi connectivity index (χ1) is 8.81. The summed E-state index contributed by atoms with van der Waals surface area (Å²) in [5.41, 5.74) is 1.14. The fourth-order valence-corrected chi connectivity index (χ4v) is 2.15. The summed E-state index contributed by atoms with van der Waals surface area (Å²) in [6.45, 7) is 3.12. The molecule has 2 N–H and O–H groups in total. The highest BCUT2D eigenvalue weighted by atomic mass is 35.5. The second-order valence-corrected chi connectivity index (χ2v) is 4.68. The molecule has 1 aromatic carbocycles. The molecule has 0 aliphatic carbocycles. The second kappa shape index (κ2) is 6.57. The molecular formula is C14H18ClN3. The van der Waals surface area contributed by atoms with Gasteiger partial charge >= 0.3 is 0 Å². The normalized spacial score (nSPS) is 12.6. The summed E-state index contributed by atoms with van der Waals surface area (Å²) >= 11 is 6.21. The molecule has 0 aliphatic heterocycles. The van der Waals surface area contributed by atoms with Crippen LogP contribution in [0.5, 0.6) is 0 Å². The molecule has 0 fully saturated rings. The van der Waals surface area contributed by atoms with Gasteiger partial charge in [0.05, 0.1) is 6.04 Å². The van der Waals surface area contributed by atoms with Crippen molar-refractivity contribution in [1.82, 2.24) is 15.3 Å². The molecule has 1 unspecified atom stereocenters. The molecule has 0 bridgehead atoms. The van der Waals surface area contributed by atoms with E-state index in [2.05, 4.69) is 28.3 Å². The fourth-order valence-electron chi connectivity index (χ4n) is 1.94. The quantitative estimate of drug-likeness (QED) is 0.839. The third-order valence-corrected chi connectivity index (χ3v) is 3.24. The number of H-pyrrole nitrogens is 1. The molecule has 1 atom stereocenters. The molecule has 2 aromatic rings. The van der Waals surface area contributed by atoms with Crippen LogP contribution in [-0.2, 0) is 6.42 Å². The van der Waals surface area contributed by atoms with Crippen molar-refractivity contribution in [2.45, 2.75) is 25.8 Å². The van der Waals surface area contributed by atoms with Gasteiger partial charge in [-0.1, -0.05) is 36.7 Å². The van der Waals surface area contributed by atoms with Gasteiger partial charge in [0.15, 0.2) is 0 Å². The number of imidazole rings is 1. The van der Waals surface area contributed by atoms with Crippen molar-refractivity contribution in [3.8, 4) is 0 Å². The lowest BCUT2D eigenvalue weighted by molar-refractivity contribution is 0.508. The van der Waals surface area contributed by atoms with E-state index in [1.54, 1.807) is 6.20 Å². The van der Waals surface area contributed by atoms with Gasteiger partial charge in [0.25, 0.3) is 0 Å². The number of hydrogen-bond acceptors (Lipinski definition) is 2. The van der Waals surface area contributed by atoms with E-state index in [4.69, 9.17) is 11.6 Å². The van der Waals surface area contributed by atoms with Crippen molar-refractivity contribution in [1.29, 1.82) is 0 Å². The van der Waals surface area contributed by atoms with E-state index in [-0.39, 0.29) is 6.04 Å². The number of halogens is 1. The lowest BCUT2D eigenvalue weighted by Crippen LogP contribution is -2.25. The zero-order chi connectivity index (χ0) is 12.8. The van der Waals surface area contributed by atoms with E-state index in [1.807, 2.05) is 24.4 Å². The first-order valence-corrected chi connectivity index (χ1v) is 6.65. The minimum Gasteiger partial charge on any atom is -0.347 e. The Morgan fingerprint density at radius 1 is 1.39 bits per heavy atom. The predicted octanol–water partition coefficient (Wildman–Crippen LogP) is 3.35. The van der Waals surface area contributed by atoms with E-state index in [0.717, 1.165) is 35.8 Å². The molecule has 0 aliphatic rings. The molecule has 96 valence electrons. The maximum absolute atomic E-state index is 6.21. The molecule has 0 saturated carbocycles. The Morgan fingerprint density at radius 3 is 2.89 bits per heavy atom. The van der Waals surface area contributed by atoms with Crippen LogP contribution in [0.15, 0.2) is 36.7 Å². The Kier molecular flexibility index (Phi) is 4.79. The second-order valence-electron chi connectivity index (χ2n) is 4.28.